The Morgan fingerprint density at radius 3 is 1.80 bits per heavy atom. The lowest BCUT2D eigenvalue weighted by Gasteiger charge is -2.33. The van der Waals surface area contributed by atoms with Gasteiger partial charge in [-0.3, -0.25) is 4.98 Å². The van der Waals surface area contributed by atoms with Gasteiger partial charge in [-0.15, -0.1) is 0 Å². The van der Waals surface area contributed by atoms with Crippen LogP contribution in [0.1, 0.15) is 19.8 Å². The SMILES string of the molecule is CCCCOCC1(OCCOCCOCCOc2cccc3cccnc23)COCCOCCOCCOCCOCCOC1. The van der Waals surface area contributed by atoms with Gasteiger partial charge >= 0.3 is 0 Å². The second-order valence-corrected chi connectivity index (χ2v) is 10.4. The van der Waals surface area contributed by atoms with Crippen LogP contribution in [0.4, 0.5) is 0 Å². The van der Waals surface area contributed by atoms with E-state index in [2.05, 4.69) is 11.9 Å². The van der Waals surface area contributed by atoms with Crippen LogP contribution in [0, 0.1) is 0 Å². The molecule has 1 aromatic heterocycles. The van der Waals surface area contributed by atoms with Gasteiger partial charge in [0.1, 0.15) is 23.5 Å². The van der Waals surface area contributed by atoms with Crippen LogP contribution in [-0.2, 0) is 47.4 Å². The monoisotopic (exact) mass is 639 g/mol. The third-order valence-corrected chi connectivity index (χ3v) is 6.69. The molecular weight excluding hydrogens is 586 g/mol. The number of fused-ring (bicyclic) bond motifs is 1. The molecule has 1 aliphatic rings. The molecule has 0 bridgehead atoms. The molecule has 2 heterocycles. The number of aromatic nitrogens is 1. The maximum atomic E-state index is 6.35. The number of nitrogens with zero attached hydrogens (tertiary/aromatic N) is 1. The maximum absolute atomic E-state index is 6.35. The van der Waals surface area contributed by atoms with E-state index in [-0.39, 0.29) is 0 Å². The van der Waals surface area contributed by atoms with Gasteiger partial charge < -0.3 is 52.1 Å². The summed E-state index contributed by atoms with van der Waals surface area (Å²) < 4.78 is 63.9. The molecule has 1 aliphatic heterocycles. The summed E-state index contributed by atoms with van der Waals surface area (Å²) in [5.41, 5.74) is 0.0512. The number of unbranched alkanes of at least 4 members (excludes halogenated alkanes) is 1. The highest BCUT2D eigenvalue weighted by Gasteiger charge is 2.33. The fourth-order valence-electron chi connectivity index (χ4n) is 4.31. The van der Waals surface area contributed by atoms with E-state index in [0.717, 1.165) is 29.5 Å². The molecule has 0 spiro atoms. The predicted octanol–water partition coefficient (Wildman–Crippen LogP) is 3.33. The van der Waals surface area contributed by atoms with Gasteiger partial charge in [0.05, 0.1) is 119 Å². The largest absolute Gasteiger partial charge is 0.489 e. The van der Waals surface area contributed by atoms with Crippen molar-refractivity contribution in [2.75, 3.05) is 132 Å². The molecule has 12 nitrogen and oxygen atoms in total. The molecule has 0 atom stereocenters. The summed E-state index contributed by atoms with van der Waals surface area (Å²) in [4.78, 5) is 4.41. The van der Waals surface area contributed by atoms with E-state index in [0.29, 0.717) is 132 Å². The Morgan fingerprint density at radius 1 is 0.622 bits per heavy atom. The minimum atomic E-state index is -0.795. The van der Waals surface area contributed by atoms with Crippen molar-refractivity contribution in [3.05, 3.63) is 36.5 Å². The fraction of sp³-hybridized carbons (Fsp3) is 0.727. The Hall–Kier alpha value is -1.97. The minimum absolute atomic E-state index is 0.295. The number of hydrogen-bond donors (Lipinski definition) is 0. The molecule has 1 saturated heterocycles. The van der Waals surface area contributed by atoms with Gasteiger partial charge in [0.15, 0.2) is 0 Å². The van der Waals surface area contributed by atoms with E-state index in [1.807, 2.05) is 30.3 Å². The summed E-state index contributed by atoms with van der Waals surface area (Å²) in [6.07, 6.45) is 3.78. The first-order chi connectivity index (χ1) is 22.3. The number of hydrogen-bond acceptors (Lipinski definition) is 12. The van der Waals surface area contributed by atoms with Crippen LogP contribution in [-0.4, -0.2) is 143 Å². The third-order valence-electron chi connectivity index (χ3n) is 6.69. The van der Waals surface area contributed by atoms with Crippen LogP contribution < -0.4 is 4.74 Å². The van der Waals surface area contributed by atoms with Crippen LogP contribution in [0.3, 0.4) is 0 Å². The predicted molar refractivity (Wildman–Crippen MR) is 168 cm³/mol. The average molecular weight is 640 g/mol. The van der Waals surface area contributed by atoms with Crippen molar-refractivity contribution in [3.8, 4) is 5.75 Å². The number of para-hydroxylation sites is 1. The van der Waals surface area contributed by atoms with Gasteiger partial charge in [-0.2, -0.15) is 0 Å². The van der Waals surface area contributed by atoms with Gasteiger partial charge in [0, 0.05) is 18.2 Å². The lowest BCUT2D eigenvalue weighted by molar-refractivity contribution is -0.177. The van der Waals surface area contributed by atoms with E-state index in [9.17, 15) is 0 Å². The van der Waals surface area contributed by atoms with Crippen molar-refractivity contribution >= 4 is 10.9 Å². The molecule has 0 N–H and O–H groups in total. The Bertz CT molecular complexity index is 957. The van der Waals surface area contributed by atoms with Crippen LogP contribution >= 0.6 is 0 Å². The summed E-state index contributed by atoms with van der Waals surface area (Å²) in [6.45, 7) is 11.0. The fourth-order valence-corrected chi connectivity index (χ4v) is 4.31. The summed E-state index contributed by atoms with van der Waals surface area (Å²) in [5, 5.41) is 1.04. The molecular formula is C33H53NO11. The van der Waals surface area contributed by atoms with Crippen molar-refractivity contribution in [3.63, 3.8) is 0 Å². The zero-order valence-electron chi connectivity index (χ0n) is 27.0. The van der Waals surface area contributed by atoms with Crippen molar-refractivity contribution in [2.45, 2.75) is 25.4 Å². The summed E-state index contributed by atoms with van der Waals surface area (Å²) in [6, 6.07) is 9.81. The molecule has 45 heavy (non-hydrogen) atoms. The van der Waals surface area contributed by atoms with Crippen LogP contribution in [0.15, 0.2) is 36.5 Å². The molecule has 12 heteroatoms. The quantitative estimate of drug-likeness (QED) is 0.251. The lowest BCUT2D eigenvalue weighted by atomic mass is 10.1. The van der Waals surface area contributed by atoms with Gasteiger partial charge in [-0.05, 0) is 18.6 Å². The van der Waals surface area contributed by atoms with E-state index < -0.39 is 5.60 Å². The molecule has 1 fully saturated rings. The average Bonchev–Trinajstić information content (AvgIpc) is 3.06. The molecule has 0 radical (unpaired) electrons. The van der Waals surface area contributed by atoms with Gasteiger partial charge in [-0.1, -0.05) is 31.5 Å². The summed E-state index contributed by atoms with van der Waals surface area (Å²) >= 11 is 0. The molecule has 0 unspecified atom stereocenters. The Balaban J connectivity index is 1.37. The second-order valence-electron chi connectivity index (χ2n) is 10.4. The van der Waals surface area contributed by atoms with E-state index >= 15 is 0 Å². The summed E-state index contributed by atoms with van der Waals surface area (Å²) in [5.74, 6) is 0.750. The van der Waals surface area contributed by atoms with Gasteiger partial charge in [0.25, 0.3) is 0 Å². The normalized spacial score (nSPS) is 18.2. The van der Waals surface area contributed by atoms with Gasteiger partial charge in [0.2, 0.25) is 0 Å². The van der Waals surface area contributed by atoms with Crippen LogP contribution in [0.25, 0.3) is 10.9 Å². The second kappa shape index (κ2) is 25.2. The minimum Gasteiger partial charge on any atom is -0.489 e. The number of benzene rings is 1. The van der Waals surface area contributed by atoms with E-state index in [1.54, 1.807) is 6.20 Å². The third kappa shape index (κ3) is 17.0. The zero-order valence-corrected chi connectivity index (χ0v) is 27.0. The molecule has 0 amide bonds. The first kappa shape index (κ1) is 37.5. The van der Waals surface area contributed by atoms with E-state index in [4.69, 9.17) is 52.1 Å². The van der Waals surface area contributed by atoms with Gasteiger partial charge in [-0.25, -0.2) is 0 Å². The first-order valence-corrected chi connectivity index (χ1v) is 16.1. The zero-order chi connectivity index (χ0) is 31.5. The topological polar surface area (TPSA) is 114 Å². The van der Waals surface area contributed by atoms with E-state index in [1.165, 1.54) is 0 Å². The van der Waals surface area contributed by atoms with Crippen molar-refractivity contribution in [1.29, 1.82) is 0 Å². The molecule has 0 saturated carbocycles. The highest BCUT2D eigenvalue weighted by molar-refractivity contribution is 5.84. The van der Waals surface area contributed by atoms with Crippen molar-refractivity contribution in [2.24, 2.45) is 0 Å². The molecule has 1 aromatic carbocycles. The standard InChI is InChI=1S/C33H53NO11/c1-2-3-10-41-27-33(28-42-21-19-37-15-13-35-11-12-36-14-16-38-20-22-43-29-33)45-26-24-40-18-17-39-23-25-44-31-8-4-6-30-7-5-9-34-32(30)31/h4-9H,2-3,10-29H2,1H3. The number of rotatable bonds is 16. The Labute approximate surface area is 267 Å². The summed E-state index contributed by atoms with van der Waals surface area (Å²) in [7, 11) is 0. The highest BCUT2D eigenvalue weighted by atomic mass is 16.6. The smallest absolute Gasteiger partial charge is 0.145 e. The number of pyridine rings is 1. The van der Waals surface area contributed by atoms with Crippen LogP contribution in [0.2, 0.25) is 0 Å². The number of ether oxygens (including phenoxy) is 11. The Morgan fingerprint density at radius 2 is 1.18 bits per heavy atom. The molecule has 3 rings (SSSR count). The molecule has 256 valence electrons. The van der Waals surface area contributed by atoms with Crippen molar-refractivity contribution < 1.29 is 52.1 Å². The molecule has 0 aliphatic carbocycles. The lowest BCUT2D eigenvalue weighted by Crippen LogP contribution is -2.48. The highest BCUT2D eigenvalue weighted by Crippen LogP contribution is 2.22. The van der Waals surface area contributed by atoms with Crippen molar-refractivity contribution in [1.82, 2.24) is 4.98 Å². The molecule has 2 aromatic rings. The Kier molecular flexibility index (Phi) is 21.0. The first-order valence-electron chi connectivity index (χ1n) is 16.1. The van der Waals surface area contributed by atoms with Crippen LogP contribution in [0.5, 0.6) is 5.75 Å². The maximum Gasteiger partial charge on any atom is 0.145 e.